The van der Waals surface area contributed by atoms with E-state index in [4.69, 9.17) is 0 Å². The SMILES string of the molecule is CNC1CCCCC1CN(C)CC1CCCCC1. The lowest BCUT2D eigenvalue weighted by molar-refractivity contribution is 0.165. The smallest absolute Gasteiger partial charge is 0.0104 e. The van der Waals surface area contributed by atoms with Gasteiger partial charge in [0.15, 0.2) is 0 Å². The molecule has 2 nitrogen and oxygen atoms in total. The molecule has 0 spiro atoms. The molecule has 0 aromatic rings. The molecule has 18 heavy (non-hydrogen) atoms. The first-order valence-corrected chi connectivity index (χ1v) is 8.15. The van der Waals surface area contributed by atoms with E-state index >= 15 is 0 Å². The summed E-state index contributed by atoms with van der Waals surface area (Å²) in [5.41, 5.74) is 0. The van der Waals surface area contributed by atoms with E-state index in [1.165, 1.54) is 70.9 Å². The second-order valence-corrected chi connectivity index (χ2v) is 6.66. The van der Waals surface area contributed by atoms with Crippen molar-refractivity contribution in [1.82, 2.24) is 10.2 Å². The largest absolute Gasteiger partial charge is 0.317 e. The van der Waals surface area contributed by atoms with E-state index in [1.54, 1.807) is 0 Å². The van der Waals surface area contributed by atoms with Crippen LogP contribution in [0.4, 0.5) is 0 Å². The van der Waals surface area contributed by atoms with Gasteiger partial charge < -0.3 is 10.2 Å². The van der Waals surface area contributed by atoms with Crippen LogP contribution in [0.3, 0.4) is 0 Å². The molecule has 2 atom stereocenters. The van der Waals surface area contributed by atoms with Crippen molar-refractivity contribution in [2.75, 3.05) is 27.2 Å². The van der Waals surface area contributed by atoms with Gasteiger partial charge in [0.1, 0.15) is 0 Å². The second-order valence-electron chi connectivity index (χ2n) is 6.66. The van der Waals surface area contributed by atoms with Gasteiger partial charge in [-0.1, -0.05) is 32.1 Å². The maximum atomic E-state index is 3.54. The van der Waals surface area contributed by atoms with Gasteiger partial charge in [0.25, 0.3) is 0 Å². The van der Waals surface area contributed by atoms with E-state index in [0.29, 0.717) is 0 Å². The van der Waals surface area contributed by atoms with Crippen LogP contribution in [0.5, 0.6) is 0 Å². The maximum absolute atomic E-state index is 3.54. The van der Waals surface area contributed by atoms with Crippen LogP contribution < -0.4 is 5.32 Å². The highest BCUT2D eigenvalue weighted by Crippen LogP contribution is 2.27. The Morgan fingerprint density at radius 1 is 0.889 bits per heavy atom. The fraction of sp³-hybridized carbons (Fsp3) is 1.00. The third-order valence-electron chi connectivity index (χ3n) is 5.12. The second kappa shape index (κ2) is 7.49. The van der Waals surface area contributed by atoms with Gasteiger partial charge in [0.05, 0.1) is 0 Å². The molecule has 0 amide bonds. The molecular formula is C16H32N2. The Labute approximate surface area is 114 Å². The highest BCUT2D eigenvalue weighted by atomic mass is 15.1. The maximum Gasteiger partial charge on any atom is 0.0104 e. The van der Waals surface area contributed by atoms with E-state index in [2.05, 4.69) is 24.3 Å². The zero-order valence-corrected chi connectivity index (χ0v) is 12.5. The molecule has 1 N–H and O–H groups in total. The van der Waals surface area contributed by atoms with E-state index < -0.39 is 0 Å². The van der Waals surface area contributed by atoms with Gasteiger partial charge in [0, 0.05) is 19.1 Å². The minimum Gasteiger partial charge on any atom is -0.317 e. The predicted molar refractivity (Wildman–Crippen MR) is 78.9 cm³/mol. The quantitative estimate of drug-likeness (QED) is 0.808. The highest BCUT2D eigenvalue weighted by Gasteiger charge is 2.25. The fourth-order valence-corrected chi connectivity index (χ4v) is 4.09. The van der Waals surface area contributed by atoms with Crippen molar-refractivity contribution >= 4 is 0 Å². The van der Waals surface area contributed by atoms with E-state index in [-0.39, 0.29) is 0 Å². The lowest BCUT2D eigenvalue weighted by atomic mass is 9.83. The summed E-state index contributed by atoms with van der Waals surface area (Å²) in [6.07, 6.45) is 13.1. The van der Waals surface area contributed by atoms with Gasteiger partial charge >= 0.3 is 0 Å². The van der Waals surface area contributed by atoms with Crippen LogP contribution in [0.25, 0.3) is 0 Å². The van der Waals surface area contributed by atoms with Crippen molar-refractivity contribution in [3.8, 4) is 0 Å². The monoisotopic (exact) mass is 252 g/mol. The molecule has 2 heteroatoms. The summed E-state index contributed by atoms with van der Waals surface area (Å²) in [6.45, 7) is 2.65. The molecule has 0 saturated heterocycles. The number of nitrogens with zero attached hydrogens (tertiary/aromatic N) is 1. The van der Waals surface area contributed by atoms with E-state index in [9.17, 15) is 0 Å². The summed E-state index contributed by atoms with van der Waals surface area (Å²) >= 11 is 0. The van der Waals surface area contributed by atoms with Crippen molar-refractivity contribution < 1.29 is 0 Å². The van der Waals surface area contributed by atoms with Crippen molar-refractivity contribution in [2.24, 2.45) is 11.8 Å². The molecule has 2 unspecified atom stereocenters. The van der Waals surface area contributed by atoms with Crippen molar-refractivity contribution in [1.29, 1.82) is 0 Å². The third-order valence-corrected chi connectivity index (χ3v) is 5.12. The molecule has 2 aliphatic rings. The Balaban J connectivity index is 1.73. The highest BCUT2D eigenvalue weighted by molar-refractivity contribution is 4.82. The molecule has 2 rings (SSSR count). The Bertz CT molecular complexity index is 223. The molecule has 0 radical (unpaired) electrons. The van der Waals surface area contributed by atoms with Crippen LogP contribution in [-0.4, -0.2) is 38.1 Å². The van der Waals surface area contributed by atoms with Crippen LogP contribution in [0.1, 0.15) is 57.8 Å². The summed E-state index contributed by atoms with van der Waals surface area (Å²) in [4.78, 5) is 2.62. The minimum atomic E-state index is 0.771. The van der Waals surface area contributed by atoms with Gasteiger partial charge in [-0.15, -0.1) is 0 Å². The Morgan fingerprint density at radius 2 is 1.56 bits per heavy atom. The summed E-state index contributed by atoms with van der Waals surface area (Å²) < 4.78 is 0. The number of hydrogen-bond acceptors (Lipinski definition) is 2. The normalized spacial score (nSPS) is 30.8. The molecule has 0 bridgehead atoms. The van der Waals surface area contributed by atoms with Crippen LogP contribution in [0, 0.1) is 11.8 Å². The van der Waals surface area contributed by atoms with Crippen molar-refractivity contribution in [3.05, 3.63) is 0 Å². The van der Waals surface area contributed by atoms with Gasteiger partial charge in [0.2, 0.25) is 0 Å². The summed E-state index contributed by atoms with van der Waals surface area (Å²) in [5, 5.41) is 3.54. The first-order chi connectivity index (χ1) is 8.79. The number of nitrogens with one attached hydrogen (secondary N) is 1. The van der Waals surface area contributed by atoms with Crippen LogP contribution in [0.15, 0.2) is 0 Å². The summed E-state index contributed by atoms with van der Waals surface area (Å²) in [5.74, 6) is 1.87. The summed E-state index contributed by atoms with van der Waals surface area (Å²) in [7, 11) is 4.49. The zero-order valence-electron chi connectivity index (χ0n) is 12.5. The van der Waals surface area contributed by atoms with Crippen molar-refractivity contribution in [3.63, 3.8) is 0 Å². The first kappa shape index (κ1) is 14.3. The third kappa shape index (κ3) is 4.24. The molecule has 0 aromatic heterocycles. The average Bonchev–Trinajstić information content (AvgIpc) is 2.40. The van der Waals surface area contributed by atoms with Crippen LogP contribution >= 0.6 is 0 Å². The standard InChI is InChI=1S/C16H32N2/c1-17-16-11-7-6-10-15(16)13-18(2)12-14-8-4-3-5-9-14/h14-17H,3-13H2,1-2H3. The molecule has 2 fully saturated rings. The number of hydrogen-bond donors (Lipinski definition) is 1. The van der Waals surface area contributed by atoms with Gasteiger partial charge in [-0.05, 0) is 51.6 Å². The molecular weight excluding hydrogens is 220 g/mol. The molecule has 0 heterocycles. The first-order valence-electron chi connectivity index (χ1n) is 8.15. The topological polar surface area (TPSA) is 15.3 Å². The minimum absolute atomic E-state index is 0.771. The average molecular weight is 252 g/mol. The Kier molecular flexibility index (Phi) is 5.97. The molecule has 2 aliphatic carbocycles. The number of rotatable bonds is 5. The molecule has 0 aliphatic heterocycles. The van der Waals surface area contributed by atoms with Crippen molar-refractivity contribution in [2.45, 2.75) is 63.8 Å². The van der Waals surface area contributed by atoms with E-state index in [0.717, 1.165) is 17.9 Å². The fourth-order valence-electron chi connectivity index (χ4n) is 4.09. The zero-order chi connectivity index (χ0) is 12.8. The molecule has 0 aromatic carbocycles. The van der Waals surface area contributed by atoms with Crippen LogP contribution in [0.2, 0.25) is 0 Å². The molecule has 2 saturated carbocycles. The predicted octanol–water partition coefficient (Wildman–Crippen LogP) is 3.28. The summed E-state index contributed by atoms with van der Waals surface area (Å²) in [6, 6.07) is 0.771. The van der Waals surface area contributed by atoms with Gasteiger partial charge in [-0.3, -0.25) is 0 Å². The van der Waals surface area contributed by atoms with Gasteiger partial charge in [-0.2, -0.15) is 0 Å². The van der Waals surface area contributed by atoms with Crippen LogP contribution in [-0.2, 0) is 0 Å². The molecule has 106 valence electrons. The Morgan fingerprint density at radius 3 is 2.28 bits per heavy atom. The lowest BCUT2D eigenvalue weighted by Gasteiger charge is -2.35. The van der Waals surface area contributed by atoms with E-state index in [1.807, 2.05) is 0 Å². The Hall–Kier alpha value is -0.0800. The van der Waals surface area contributed by atoms with Gasteiger partial charge in [-0.25, -0.2) is 0 Å². The lowest BCUT2D eigenvalue weighted by Crippen LogP contribution is -2.43.